The van der Waals surface area contributed by atoms with Crippen molar-refractivity contribution < 1.29 is 0 Å². The predicted molar refractivity (Wildman–Crippen MR) is 79.9 cm³/mol. The standard InChI is InChI=1S/C16H22BrN/c1-2-12-9-16(10-12,11-18-15-7-8-15)13-3-5-14(17)6-4-13/h3-6,12,15,18H,2,7-11H2,1H3. The van der Waals surface area contributed by atoms with Gasteiger partial charge < -0.3 is 5.32 Å². The molecule has 0 amide bonds. The molecule has 2 saturated carbocycles. The van der Waals surface area contributed by atoms with E-state index >= 15 is 0 Å². The third-order valence-electron chi connectivity index (χ3n) is 4.70. The number of nitrogens with one attached hydrogen (secondary N) is 1. The molecule has 0 radical (unpaired) electrons. The highest BCUT2D eigenvalue weighted by atomic mass is 79.9. The Morgan fingerprint density at radius 3 is 2.44 bits per heavy atom. The van der Waals surface area contributed by atoms with Crippen molar-refractivity contribution in [3.8, 4) is 0 Å². The maximum Gasteiger partial charge on any atom is 0.0175 e. The number of benzene rings is 1. The monoisotopic (exact) mass is 307 g/mol. The van der Waals surface area contributed by atoms with Gasteiger partial charge in [-0.25, -0.2) is 0 Å². The van der Waals surface area contributed by atoms with Crippen LogP contribution >= 0.6 is 15.9 Å². The normalized spacial score (nSPS) is 31.1. The molecule has 0 heterocycles. The summed E-state index contributed by atoms with van der Waals surface area (Å²) in [4.78, 5) is 0. The van der Waals surface area contributed by atoms with Crippen LogP contribution in [0, 0.1) is 5.92 Å². The zero-order chi connectivity index (χ0) is 12.6. The molecule has 1 aromatic carbocycles. The number of halogens is 1. The first-order valence-corrected chi connectivity index (χ1v) is 8.00. The van der Waals surface area contributed by atoms with Gasteiger partial charge in [0.1, 0.15) is 0 Å². The SMILES string of the molecule is CCC1CC(CNC2CC2)(c2ccc(Br)cc2)C1. The lowest BCUT2D eigenvalue weighted by Gasteiger charge is -2.48. The Hall–Kier alpha value is -0.340. The molecule has 98 valence electrons. The van der Waals surface area contributed by atoms with E-state index in [2.05, 4.69) is 52.4 Å². The Morgan fingerprint density at radius 2 is 1.89 bits per heavy atom. The summed E-state index contributed by atoms with van der Waals surface area (Å²) in [5, 5.41) is 3.75. The van der Waals surface area contributed by atoms with E-state index in [-0.39, 0.29) is 0 Å². The van der Waals surface area contributed by atoms with Crippen molar-refractivity contribution in [1.29, 1.82) is 0 Å². The first kappa shape index (κ1) is 12.7. The van der Waals surface area contributed by atoms with Crippen LogP contribution in [0.15, 0.2) is 28.7 Å². The van der Waals surface area contributed by atoms with Gasteiger partial charge >= 0.3 is 0 Å². The van der Waals surface area contributed by atoms with Gasteiger partial charge in [-0.15, -0.1) is 0 Å². The Labute approximate surface area is 118 Å². The third-order valence-corrected chi connectivity index (χ3v) is 5.23. The number of hydrogen-bond acceptors (Lipinski definition) is 1. The second kappa shape index (κ2) is 4.97. The number of rotatable bonds is 5. The summed E-state index contributed by atoms with van der Waals surface area (Å²) in [5.74, 6) is 0.939. The van der Waals surface area contributed by atoms with Crippen molar-refractivity contribution >= 4 is 15.9 Å². The van der Waals surface area contributed by atoms with E-state index in [9.17, 15) is 0 Å². The molecule has 18 heavy (non-hydrogen) atoms. The van der Waals surface area contributed by atoms with Gasteiger partial charge in [0.05, 0.1) is 0 Å². The summed E-state index contributed by atoms with van der Waals surface area (Å²) < 4.78 is 1.18. The van der Waals surface area contributed by atoms with Gasteiger partial charge in [0.2, 0.25) is 0 Å². The maximum absolute atomic E-state index is 3.75. The van der Waals surface area contributed by atoms with Crippen LogP contribution in [0.2, 0.25) is 0 Å². The molecular formula is C16H22BrN. The molecule has 2 heteroatoms. The lowest BCUT2D eigenvalue weighted by atomic mass is 9.58. The molecular weight excluding hydrogens is 286 g/mol. The zero-order valence-corrected chi connectivity index (χ0v) is 12.7. The first-order valence-electron chi connectivity index (χ1n) is 7.21. The average Bonchev–Trinajstić information content (AvgIpc) is 3.14. The molecule has 1 nitrogen and oxygen atoms in total. The highest BCUT2D eigenvalue weighted by molar-refractivity contribution is 9.10. The quantitative estimate of drug-likeness (QED) is 0.857. The minimum Gasteiger partial charge on any atom is -0.313 e. The molecule has 1 aromatic rings. The minimum absolute atomic E-state index is 0.421. The fourth-order valence-electron chi connectivity index (χ4n) is 3.25. The molecule has 2 aliphatic carbocycles. The first-order chi connectivity index (χ1) is 8.72. The Balaban J connectivity index is 1.74. The molecule has 3 rings (SSSR count). The minimum atomic E-state index is 0.421. The second-order valence-electron chi connectivity index (χ2n) is 6.12. The zero-order valence-electron chi connectivity index (χ0n) is 11.1. The number of hydrogen-bond donors (Lipinski definition) is 1. The van der Waals surface area contributed by atoms with Crippen LogP contribution in [0.4, 0.5) is 0 Å². The molecule has 0 atom stereocenters. The Bertz CT molecular complexity index is 402. The van der Waals surface area contributed by atoms with E-state index in [4.69, 9.17) is 0 Å². The van der Waals surface area contributed by atoms with E-state index in [1.165, 1.54) is 48.7 Å². The van der Waals surface area contributed by atoms with E-state index in [0.717, 1.165) is 12.0 Å². The summed E-state index contributed by atoms with van der Waals surface area (Å²) in [6.45, 7) is 3.50. The van der Waals surface area contributed by atoms with Crippen LogP contribution in [0.3, 0.4) is 0 Å². The van der Waals surface area contributed by atoms with Crippen molar-refractivity contribution in [2.75, 3.05) is 6.54 Å². The lowest BCUT2D eigenvalue weighted by Crippen LogP contribution is -2.48. The van der Waals surface area contributed by atoms with E-state index < -0.39 is 0 Å². The molecule has 0 spiro atoms. The van der Waals surface area contributed by atoms with Gasteiger partial charge in [-0.1, -0.05) is 41.4 Å². The van der Waals surface area contributed by atoms with Crippen LogP contribution in [-0.2, 0) is 5.41 Å². The topological polar surface area (TPSA) is 12.0 Å². The fourth-order valence-corrected chi connectivity index (χ4v) is 3.51. The molecule has 0 bridgehead atoms. The Morgan fingerprint density at radius 1 is 1.22 bits per heavy atom. The van der Waals surface area contributed by atoms with Crippen molar-refractivity contribution in [2.24, 2.45) is 5.92 Å². The average molecular weight is 308 g/mol. The third kappa shape index (κ3) is 2.50. The van der Waals surface area contributed by atoms with Crippen LogP contribution in [0.25, 0.3) is 0 Å². The summed E-state index contributed by atoms with van der Waals surface area (Å²) in [7, 11) is 0. The van der Waals surface area contributed by atoms with E-state index in [1.807, 2.05) is 0 Å². The molecule has 0 aromatic heterocycles. The van der Waals surface area contributed by atoms with Crippen LogP contribution < -0.4 is 5.32 Å². The van der Waals surface area contributed by atoms with Crippen LogP contribution in [0.1, 0.15) is 44.6 Å². The van der Waals surface area contributed by atoms with Crippen molar-refractivity contribution in [1.82, 2.24) is 5.32 Å². The molecule has 2 fully saturated rings. The lowest BCUT2D eigenvalue weighted by molar-refractivity contribution is 0.133. The summed E-state index contributed by atoms with van der Waals surface area (Å²) in [6, 6.07) is 9.81. The van der Waals surface area contributed by atoms with Gasteiger partial charge in [-0.3, -0.25) is 0 Å². The van der Waals surface area contributed by atoms with E-state index in [1.54, 1.807) is 0 Å². The highest BCUT2D eigenvalue weighted by Crippen LogP contribution is 2.49. The summed E-state index contributed by atoms with van der Waals surface area (Å²) in [6.07, 6.45) is 6.83. The molecule has 1 N–H and O–H groups in total. The fraction of sp³-hybridized carbons (Fsp3) is 0.625. The van der Waals surface area contributed by atoms with Crippen molar-refractivity contribution in [3.63, 3.8) is 0 Å². The molecule has 2 aliphatic rings. The Kier molecular flexibility index (Phi) is 3.50. The van der Waals surface area contributed by atoms with Gasteiger partial charge in [-0.2, -0.15) is 0 Å². The summed E-state index contributed by atoms with van der Waals surface area (Å²) in [5.41, 5.74) is 1.95. The molecule has 0 saturated heterocycles. The van der Waals surface area contributed by atoms with Gasteiger partial charge in [0.25, 0.3) is 0 Å². The smallest absolute Gasteiger partial charge is 0.0175 e. The van der Waals surface area contributed by atoms with Crippen molar-refractivity contribution in [2.45, 2.75) is 50.5 Å². The highest BCUT2D eigenvalue weighted by Gasteiger charge is 2.44. The van der Waals surface area contributed by atoms with Crippen molar-refractivity contribution in [3.05, 3.63) is 34.3 Å². The molecule has 0 unspecified atom stereocenters. The van der Waals surface area contributed by atoms with Crippen LogP contribution in [-0.4, -0.2) is 12.6 Å². The van der Waals surface area contributed by atoms with Crippen LogP contribution in [0.5, 0.6) is 0 Å². The van der Waals surface area contributed by atoms with Gasteiger partial charge in [0.15, 0.2) is 0 Å². The summed E-state index contributed by atoms with van der Waals surface area (Å²) >= 11 is 3.53. The second-order valence-corrected chi connectivity index (χ2v) is 7.04. The largest absolute Gasteiger partial charge is 0.313 e. The predicted octanol–water partition coefficient (Wildman–Crippen LogP) is 4.26. The maximum atomic E-state index is 3.75. The van der Waals surface area contributed by atoms with Gasteiger partial charge in [0, 0.05) is 22.5 Å². The molecule has 0 aliphatic heterocycles. The van der Waals surface area contributed by atoms with Gasteiger partial charge in [-0.05, 0) is 49.3 Å². The van der Waals surface area contributed by atoms with E-state index in [0.29, 0.717) is 5.41 Å².